The minimum absolute atomic E-state index is 0.109. The number of nitrogens with zero attached hydrogens (tertiary/aromatic N) is 1. The number of sulfonamides is 1. The van der Waals surface area contributed by atoms with Crippen LogP contribution in [0.4, 0.5) is 0 Å². The van der Waals surface area contributed by atoms with Gasteiger partial charge < -0.3 is 4.74 Å². The van der Waals surface area contributed by atoms with Crippen molar-refractivity contribution in [3.8, 4) is 0 Å². The van der Waals surface area contributed by atoms with Crippen LogP contribution in [0.3, 0.4) is 0 Å². The first-order valence-corrected chi connectivity index (χ1v) is 7.97. The molecule has 0 aromatic heterocycles. The number of halogens is 1. The molecule has 1 aliphatic rings. The lowest BCUT2D eigenvalue weighted by Crippen LogP contribution is -2.53. The molecule has 17 heavy (non-hydrogen) atoms. The van der Waals surface area contributed by atoms with Crippen molar-refractivity contribution in [1.82, 2.24) is 4.31 Å². The van der Waals surface area contributed by atoms with E-state index in [0.717, 1.165) is 0 Å². The Morgan fingerprint density at radius 2 is 2.00 bits per heavy atom. The van der Waals surface area contributed by atoms with Gasteiger partial charge in [0.1, 0.15) is 0 Å². The highest BCUT2D eigenvalue weighted by Gasteiger charge is 2.36. The lowest BCUT2D eigenvalue weighted by Gasteiger charge is -2.37. The van der Waals surface area contributed by atoms with E-state index >= 15 is 0 Å². The fourth-order valence-electron chi connectivity index (χ4n) is 1.90. The smallest absolute Gasteiger partial charge is 0.215 e. The molecular formula is C11H22ClNO3S. The molecule has 1 fully saturated rings. The van der Waals surface area contributed by atoms with Crippen LogP contribution in [0.2, 0.25) is 0 Å². The van der Waals surface area contributed by atoms with E-state index in [0.29, 0.717) is 19.0 Å². The molecule has 1 heterocycles. The van der Waals surface area contributed by atoms with Crippen molar-refractivity contribution >= 4 is 21.6 Å². The van der Waals surface area contributed by atoms with E-state index < -0.39 is 10.0 Å². The zero-order valence-corrected chi connectivity index (χ0v) is 12.5. The third-order valence-corrected chi connectivity index (χ3v) is 5.39. The van der Waals surface area contributed by atoms with Crippen molar-refractivity contribution in [2.24, 2.45) is 5.41 Å². The molecule has 0 amide bonds. The normalized spacial score (nSPS) is 28.3. The van der Waals surface area contributed by atoms with Crippen molar-refractivity contribution in [2.75, 3.05) is 24.8 Å². The van der Waals surface area contributed by atoms with Crippen LogP contribution in [-0.4, -0.2) is 49.7 Å². The van der Waals surface area contributed by atoms with Gasteiger partial charge in [-0.1, -0.05) is 20.8 Å². The Labute approximate surface area is 109 Å². The minimum atomic E-state index is -3.24. The van der Waals surface area contributed by atoms with Crippen LogP contribution in [-0.2, 0) is 14.8 Å². The van der Waals surface area contributed by atoms with Crippen LogP contribution in [0.25, 0.3) is 0 Å². The average molecular weight is 284 g/mol. The first-order chi connectivity index (χ1) is 7.65. The highest BCUT2D eigenvalue weighted by atomic mass is 35.5. The number of rotatable bonds is 3. The van der Waals surface area contributed by atoms with Gasteiger partial charge in [0.15, 0.2) is 0 Å². The summed E-state index contributed by atoms with van der Waals surface area (Å²) in [5, 5.41) is 0. The van der Waals surface area contributed by atoms with E-state index in [-0.39, 0.29) is 23.3 Å². The van der Waals surface area contributed by atoms with Crippen LogP contribution < -0.4 is 0 Å². The molecule has 102 valence electrons. The third kappa shape index (κ3) is 4.39. The zero-order valence-electron chi connectivity index (χ0n) is 10.9. The molecule has 1 saturated heterocycles. The van der Waals surface area contributed by atoms with Crippen molar-refractivity contribution in [3.63, 3.8) is 0 Å². The third-order valence-electron chi connectivity index (χ3n) is 2.59. The molecule has 0 radical (unpaired) electrons. The van der Waals surface area contributed by atoms with E-state index in [2.05, 4.69) is 0 Å². The number of morpholine rings is 1. The molecule has 6 heteroatoms. The Balaban J connectivity index is 2.81. The Hall–Kier alpha value is 0.160. The second kappa shape index (κ2) is 5.43. The first kappa shape index (κ1) is 15.2. The van der Waals surface area contributed by atoms with E-state index in [4.69, 9.17) is 16.3 Å². The van der Waals surface area contributed by atoms with Gasteiger partial charge in [0, 0.05) is 18.5 Å². The van der Waals surface area contributed by atoms with Gasteiger partial charge in [-0.3, -0.25) is 0 Å². The molecule has 1 aliphatic heterocycles. The number of ether oxygens (including phenoxy) is 1. The molecule has 0 saturated carbocycles. The van der Waals surface area contributed by atoms with Crippen LogP contribution in [0.5, 0.6) is 0 Å². The van der Waals surface area contributed by atoms with Crippen molar-refractivity contribution in [3.05, 3.63) is 0 Å². The van der Waals surface area contributed by atoms with Crippen LogP contribution in [0.15, 0.2) is 0 Å². The fourth-order valence-corrected chi connectivity index (χ4v) is 4.35. The summed E-state index contributed by atoms with van der Waals surface area (Å²) < 4.78 is 31.6. The van der Waals surface area contributed by atoms with Crippen molar-refractivity contribution in [2.45, 2.75) is 39.8 Å². The largest absolute Gasteiger partial charge is 0.374 e. The molecule has 0 N–H and O–H groups in total. The minimum Gasteiger partial charge on any atom is -0.374 e. The molecule has 0 aliphatic carbocycles. The fraction of sp³-hybridized carbons (Fsp3) is 1.00. The van der Waals surface area contributed by atoms with E-state index in [1.807, 2.05) is 27.7 Å². The van der Waals surface area contributed by atoms with Gasteiger partial charge in [0.25, 0.3) is 0 Å². The maximum Gasteiger partial charge on any atom is 0.215 e. The summed E-state index contributed by atoms with van der Waals surface area (Å²) in [6.45, 7) is 8.42. The summed E-state index contributed by atoms with van der Waals surface area (Å²) in [5.41, 5.74) is -0.243. The van der Waals surface area contributed by atoms with Crippen LogP contribution in [0, 0.1) is 5.41 Å². The second-order valence-corrected chi connectivity index (χ2v) is 8.08. The Bertz CT molecular complexity index is 350. The molecule has 2 unspecified atom stereocenters. The Kier molecular flexibility index (Phi) is 4.86. The van der Waals surface area contributed by atoms with Crippen molar-refractivity contribution in [1.29, 1.82) is 0 Å². The molecule has 0 aromatic rings. The predicted octanol–water partition coefficient (Wildman–Crippen LogP) is 1.69. The van der Waals surface area contributed by atoms with Gasteiger partial charge >= 0.3 is 0 Å². The lowest BCUT2D eigenvalue weighted by molar-refractivity contribution is -0.0154. The summed E-state index contributed by atoms with van der Waals surface area (Å²) >= 11 is 5.73. The summed E-state index contributed by atoms with van der Waals surface area (Å²) in [4.78, 5) is 0. The molecule has 2 atom stereocenters. The number of hydrogen-bond donors (Lipinski definition) is 0. The summed E-state index contributed by atoms with van der Waals surface area (Å²) in [6.07, 6.45) is -0.192. The summed E-state index contributed by atoms with van der Waals surface area (Å²) in [7, 11) is -3.24. The van der Waals surface area contributed by atoms with Crippen LogP contribution >= 0.6 is 11.6 Å². The molecule has 0 bridgehead atoms. The van der Waals surface area contributed by atoms with E-state index in [1.54, 1.807) is 0 Å². The quantitative estimate of drug-likeness (QED) is 0.741. The second-order valence-electron chi connectivity index (χ2n) is 5.85. The van der Waals surface area contributed by atoms with Gasteiger partial charge in [-0.25, -0.2) is 8.42 Å². The predicted molar refractivity (Wildman–Crippen MR) is 69.9 cm³/mol. The maximum atomic E-state index is 12.3. The highest BCUT2D eigenvalue weighted by molar-refractivity contribution is 7.89. The van der Waals surface area contributed by atoms with E-state index in [9.17, 15) is 8.42 Å². The average Bonchev–Trinajstić information content (AvgIpc) is 2.14. The SMILES string of the molecule is CC1COC(CCl)CN1S(=O)(=O)CC(C)(C)C. The first-order valence-electron chi connectivity index (χ1n) is 5.83. The van der Waals surface area contributed by atoms with Gasteiger partial charge in [-0.15, -0.1) is 11.6 Å². The Morgan fingerprint density at radius 1 is 1.41 bits per heavy atom. The molecule has 0 aromatic carbocycles. The van der Waals surface area contributed by atoms with Crippen molar-refractivity contribution < 1.29 is 13.2 Å². The number of hydrogen-bond acceptors (Lipinski definition) is 3. The summed E-state index contributed by atoms with van der Waals surface area (Å²) in [5.74, 6) is 0.480. The highest BCUT2D eigenvalue weighted by Crippen LogP contribution is 2.23. The topological polar surface area (TPSA) is 46.6 Å². The summed E-state index contributed by atoms with van der Waals surface area (Å²) in [6, 6.07) is -0.109. The zero-order chi connectivity index (χ0) is 13.3. The van der Waals surface area contributed by atoms with Gasteiger partial charge in [-0.05, 0) is 12.3 Å². The lowest BCUT2D eigenvalue weighted by atomic mass is 10.0. The van der Waals surface area contributed by atoms with Gasteiger partial charge in [0.05, 0.1) is 18.5 Å². The molecule has 0 spiro atoms. The van der Waals surface area contributed by atoms with Gasteiger partial charge in [-0.2, -0.15) is 4.31 Å². The monoisotopic (exact) mass is 283 g/mol. The number of alkyl halides is 1. The van der Waals surface area contributed by atoms with E-state index in [1.165, 1.54) is 4.31 Å². The van der Waals surface area contributed by atoms with Gasteiger partial charge in [0.2, 0.25) is 10.0 Å². The van der Waals surface area contributed by atoms with Crippen LogP contribution in [0.1, 0.15) is 27.7 Å². The molecular weight excluding hydrogens is 262 g/mol. The molecule has 1 rings (SSSR count). The standard InChI is InChI=1S/C11H22ClNO3S/c1-9-7-16-10(5-12)6-13(9)17(14,15)8-11(2,3)4/h9-10H,5-8H2,1-4H3. The molecule has 4 nitrogen and oxygen atoms in total. The Morgan fingerprint density at radius 3 is 2.47 bits per heavy atom. The maximum absolute atomic E-state index is 12.3.